The number of hydrogen-bond acceptors (Lipinski definition) is 6. The van der Waals surface area contributed by atoms with Crippen LogP contribution >= 0.6 is 11.8 Å². The Kier molecular flexibility index (Phi) is 4.85. The van der Waals surface area contributed by atoms with Crippen molar-refractivity contribution in [2.24, 2.45) is 0 Å². The molecular weight excluding hydrogens is 250 g/mol. The SMILES string of the molecule is CC(C)n1c(N)nnc1SCCN1CCOCC1. The summed E-state index contributed by atoms with van der Waals surface area (Å²) in [7, 11) is 0. The summed E-state index contributed by atoms with van der Waals surface area (Å²) in [5, 5.41) is 8.98. The molecule has 2 heterocycles. The molecule has 0 aromatic carbocycles. The molecule has 0 spiro atoms. The molecule has 1 aromatic heterocycles. The molecule has 0 atom stereocenters. The van der Waals surface area contributed by atoms with Crippen LogP contribution in [0.15, 0.2) is 5.16 Å². The Balaban J connectivity index is 1.82. The van der Waals surface area contributed by atoms with Gasteiger partial charge in [-0.3, -0.25) is 9.47 Å². The number of aromatic nitrogens is 3. The van der Waals surface area contributed by atoms with Crippen molar-refractivity contribution in [3.05, 3.63) is 0 Å². The largest absolute Gasteiger partial charge is 0.379 e. The Labute approximate surface area is 112 Å². The summed E-state index contributed by atoms with van der Waals surface area (Å²) in [6.07, 6.45) is 0. The number of thioether (sulfide) groups is 1. The fraction of sp³-hybridized carbons (Fsp3) is 0.818. The molecule has 1 aliphatic rings. The van der Waals surface area contributed by atoms with Crippen LogP contribution in [0.3, 0.4) is 0 Å². The molecule has 102 valence electrons. The van der Waals surface area contributed by atoms with Crippen molar-refractivity contribution in [1.82, 2.24) is 19.7 Å². The maximum Gasteiger partial charge on any atom is 0.222 e. The molecule has 1 fully saturated rings. The summed E-state index contributed by atoms with van der Waals surface area (Å²) in [5.74, 6) is 1.50. The number of ether oxygens (including phenoxy) is 1. The first kappa shape index (κ1) is 13.6. The van der Waals surface area contributed by atoms with Crippen LogP contribution in [0.1, 0.15) is 19.9 Å². The topological polar surface area (TPSA) is 69.2 Å². The molecule has 1 aliphatic heterocycles. The summed E-state index contributed by atoms with van der Waals surface area (Å²) in [6, 6.07) is 0.297. The first-order valence-corrected chi connectivity index (χ1v) is 7.30. The maximum absolute atomic E-state index is 5.81. The third kappa shape index (κ3) is 3.37. The van der Waals surface area contributed by atoms with Crippen molar-refractivity contribution in [2.45, 2.75) is 25.0 Å². The number of morpholine rings is 1. The average molecular weight is 271 g/mol. The molecule has 7 heteroatoms. The molecule has 0 bridgehead atoms. The molecule has 0 amide bonds. The quantitative estimate of drug-likeness (QED) is 0.801. The second kappa shape index (κ2) is 6.40. The van der Waals surface area contributed by atoms with Crippen molar-refractivity contribution in [2.75, 3.05) is 44.3 Å². The van der Waals surface area contributed by atoms with E-state index in [0.29, 0.717) is 12.0 Å². The summed E-state index contributed by atoms with van der Waals surface area (Å²) in [4.78, 5) is 2.41. The highest BCUT2D eigenvalue weighted by molar-refractivity contribution is 7.99. The van der Waals surface area contributed by atoms with Crippen LogP contribution in [0.25, 0.3) is 0 Å². The van der Waals surface area contributed by atoms with E-state index >= 15 is 0 Å². The number of rotatable bonds is 5. The van der Waals surface area contributed by atoms with Gasteiger partial charge in [-0.15, -0.1) is 10.2 Å². The zero-order valence-electron chi connectivity index (χ0n) is 11.0. The normalized spacial score (nSPS) is 17.5. The van der Waals surface area contributed by atoms with Crippen molar-refractivity contribution in [3.8, 4) is 0 Å². The minimum atomic E-state index is 0.297. The summed E-state index contributed by atoms with van der Waals surface area (Å²) in [6.45, 7) is 8.98. The molecule has 0 unspecified atom stereocenters. The Morgan fingerprint density at radius 1 is 1.33 bits per heavy atom. The molecule has 6 nitrogen and oxygen atoms in total. The van der Waals surface area contributed by atoms with E-state index in [1.54, 1.807) is 11.8 Å². The van der Waals surface area contributed by atoms with Crippen molar-refractivity contribution in [1.29, 1.82) is 0 Å². The van der Waals surface area contributed by atoms with Gasteiger partial charge in [0.1, 0.15) is 0 Å². The maximum atomic E-state index is 5.81. The lowest BCUT2D eigenvalue weighted by Gasteiger charge is -2.26. The van der Waals surface area contributed by atoms with Crippen molar-refractivity contribution >= 4 is 17.7 Å². The minimum absolute atomic E-state index is 0.297. The van der Waals surface area contributed by atoms with Gasteiger partial charge in [0.15, 0.2) is 5.16 Å². The van der Waals surface area contributed by atoms with Gasteiger partial charge in [0.05, 0.1) is 13.2 Å². The minimum Gasteiger partial charge on any atom is -0.379 e. The Morgan fingerprint density at radius 2 is 2.06 bits per heavy atom. The molecule has 18 heavy (non-hydrogen) atoms. The van der Waals surface area contributed by atoms with Crippen LogP contribution in [-0.4, -0.2) is 58.3 Å². The van der Waals surface area contributed by atoms with E-state index in [9.17, 15) is 0 Å². The first-order valence-electron chi connectivity index (χ1n) is 6.31. The van der Waals surface area contributed by atoms with E-state index in [1.165, 1.54) is 0 Å². The lowest BCUT2D eigenvalue weighted by molar-refractivity contribution is 0.0410. The highest BCUT2D eigenvalue weighted by atomic mass is 32.2. The van der Waals surface area contributed by atoms with Crippen LogP contribution in [0.2, 0.25) is 0 Å². The van der Waals surface area contributed by atoms with Gasteiger partial charge in [-0.1, -0.05) is 11.8 Å². The number of nitrogen functional groups attached to an aromatic ring is 1. The number of nitrogens with two attached hydrogens (primary N) is 1. The summed E-state index contributed by atoms with van der Waals surface area (Å²) < 4.78 is 7.30. The first-order chi connectivity index (χ1) is 8.68. The Hall–Kier alpha value is -0.790. The Bertz CT molecular complexity index is 376. The monoisotopic (exact) mass is 271 g/mol. The highest BCUT2D eigenvalue weighted by Crippen LogP contribution is 2.22. The predicted molar refractivity (Wildman–Crippen MR) is 72.8 cm³/mol. The zero-order valence-corrected chi connectivity index (χ0v) is 11.8. The van der Waals surface area contributed by atoms with E-state index in [2.05, 4.69) is 28.9 Å². The summed E-state index contributed by atoms with van der Waals surface area (Å²) in [5.41, 5.74) is 5.81. The van der Waals surface area contributed by atoms with Gasteiger partial charge < -0.3 is 10.5 Å². The van der Waals surface area contributed by atoms with Gasteiger partial charge >= 0.3 is 0 Å². The molecule has 2 rings (SSSR count). The number of hydrogen-bond donors (Lipinski definition) is 1. The van der Waals surface area contributed by atoms with E-state index in [-0.39, 0.29) is 0 Å². The third-order valence-electron chi connectivity index (χ3n) is 2.95. The van der Waals surface area contributed by atoms with Gasteiger partial charge in [-0.05, 0) is 13.8 Å². The lowest BCUT2D eigenvalue weighted by Crippen LogP contribution is -2.37. The molecular formula is C11H21N5OS. The summed E-state index contributed by atoms with van der Waals surface area (Å²) >= 11 is 1.72. The van der Waals surface area contributed by atoms with Gasteiger partial charge in [0.25, 0.3) is 0 Å². The van der Waals surface area contributed by atoms with E-state index in [4.69, 9.17) is 10.5 Å². The van der Waals surface area contributed by atoms with Gasteiger partial charge in [0.2, 0.25) is 5.95 Å². The zero-order chi connectivity index (χ0) is 13.0. The molecule has 2 N–H and O–H groups in total. The molecule has 0 saturated carbocycles. The van der Waals surface area contributed by atoms with Crippen LogP contribution in [0.5, 0.6) is 0 Å². The van der Waals surface area contributed by atoms with E-state index < -0.39 is 0 Å². The van der Waals surface area contributed by atoms with Gasteiger partial charge in [0, 0.05) is 31.4 Å². The van der Waals surface area contributed by atoms with Crippen LogP contribution in [0, 0.1) is 0 Å². The second-order valence-corrected chi connectivity index (χ2v) is 5.67. The second-order valence-electron chi connectivity index (χ2n) is 4.61. The fourth-order valence-electron chi connectivity index (χ4n) is 1.96. The van der Waals surface area contributed by atoms with Gasteiger partial charge in [-0.2, -0.15) is 0 Å². The Morgan fingerprint density at radius 3 is 2.72 bits per heavy atom. The lowest BCUT2D eigenvalue weighted by atomic mass is 10.4. The fourth-order valence-corrected chi connectivity index (χ4v) is 3.04. The smallest absolute Gasteiger partial charge is 0.222 e. The van der Waals surface area contributed by atoms with Crippen molar-refractivity contribution in [3.63, 3.8) is 0 Å². The molecule has 1 aromatic rings. The third-order valence-corrected chi connectivity index (χ3v) is 3.87. The molecule has 0 radical (unpaired) electrons. The van der Waals surface area contributed by atoms with Crippen molar-refractivity contribution < 1.29 is 4.74 Å². The van der Waals surface area contributed by atoms with Crippen LogP contribution in [-0.2, 0) is 4.74 Å². The van der Waals surface area contributed by atoms with Crippen LogP contribution in [0.4, 0.5) is 5.95 Å². The highest BCUT2D eigenvalue weighted by Gasteiger charge is 2.14. The number of anilines is 1. The van der Waals surface area contributed by atoms with Crippen LogP contribution < -0.4 is 5.73 Å². The van der Waals surface area contributed by atoms with E-state index in [0.717, 1.165) is 43.8 Å². The standard InChI is InChI=1S/C11H21N5OS/c1-9(2)16-10(12)13-14-11(16)18-8-5-15-3-6-17-7-4-15/h9H,3-8H2,1-2H3,(H2,12,13). The average Bonchev–Trinajstić information content (AvgIpc) is 2.72. The van der Waals surface area contributed by atoms with E-state index in [1.807, 2.05) is 4.57 Å². The molecule has 0 aliphatic carbocycles. The predicted octanol–water partition coefficient (Wildman–Crippen LogP) is 0.865. The number of nitrogens with zero attached hydrogens (tertiary/aromatic N) is 4. The van der Waals surface area contributed by atoms with Gasteiger partial charge in [-0.25, -0.2) is 0 Å². The molecule has 1 saturated heterocycles.